The van der Waals surface area contributed by atoms with Crippen molar-refractivity contribution < 1.29 is 18.8 Å². The maximum atomic E-state index is 12.6. The lowest BCUT2D eigenvalue weighted by Gasteiger charge is -2.36. The first-order valence-corrected chi connectivity index (χ1v) is 10.9. The van der Waals surface area contributed by atoms with Crippen LogP contribution in [0.5, 0.6) is 5.75 Å². The molecule has 1 fully saturated rings. The molecule has 0 radical (unpaired) electrons. The largest absolute Gasteiger partial charge is 0.497 e. The predicted octanol–water partition coefficient (Wildman–Crippen LogP) is 2.38. The molecule has 1 aromatic heterocycles. The van der Waals surface area contributed by atoms with Crippen molar-refractivity contribution in [2.75, 3.05) is 39.8 Å². The second-order valence-electron chi connectivity index (χ2n) is 7.83. The fraction of sp³-hybridized carbons (Fsp3) is 0.333. The van der Waals surface area contributed by atoms with Crippen LogP contribution < -0.4 is 10.1 Å². The quantitative estimate of drug-likeness (QED) is 0.591. The summed E-state index contributed by atoms with van der Waals surface area (Å²) in [5.74, 6) is 1.41. The second-order valence-corrected chi connectivity index (χ2v) is 7.83. The van der Waals surface area contributed by atoms with Gasteiger partial charge < -0.3 is 19.5 Å². The molecule has 172 valence electrons. The first kappa shape index (κ1) is 22.5. The summed E-state index contributed by atoms with van der Waals surface area (Å²) in [6, 6.07) is 16.4. The molecule has 4 rings (SSSR count). The first-order chi connectivity index (χ1) is 16.0. The minimum atomic E-state index is -0.288. The molecule has 3 aromatic rings. The summed E-state index contributed by atoms with van der Waals surface area (Å²) in [5, 5.41) is 6.79. The zero-order valence-electron chi connectivity index (χ0n) is 18.7. The summed E-state index contributed by atoms with van der Waals surface area (Å²) in [7, 11) is 1.57. The molecule has 0 saturated carbocycles. The molecule has 2 amide bonds. The van der Waals surface area contributed by atoms with Gasteiger partial charge in [-0.3, -0.25) is 14.5 Å². The Morgan fingerprint density at radius 1 is 1.06 bits per heavy atom. The Bertz CT molecular complexity index is 1080. The van der Waals surface area contributed by atoms with Crippen LogP contribution in [-0.4, -0.2) is 71.6 Å². The monoisotopic (exact) mass is 449 g/mol. The van der Waals surface area contributed by atoms with Gasteiger partial charge in [0.15, 0.2) is 0 Å². The maximum absolute atomic E-state index is 12.6. The molecule has 2 heterocycles. The van der Waals surface area contributed by atoms with E-state index in [9.17, 15) is 9.59 Å². The van der Waals surface area contributed by atoms with E-state index in [-0.39, 0.29) is 24.4 Å². The lowest BCUT2D eigenvalue weighted by atomic mass is 10.2. The number of nitrogens with zero attached hydrogens (tertiary/aromatic N) is 4. The van der Waals surface area contributed by atoms with E-state index in [4.69, 9.17) is 9.26 Å². The Balaban J connectivity index is 1.25. The van der Waals surface area contributed by atoms with Crippen LogP contribution in [0.15, 0.2) is 59.1 Å². The number of methoxy groups -OCH3 is 1. The van der Waals surface area contributed by atoms with Crippen LogP contribution in [0.25, 0.3) is 11.4 Å². The SMILES string of the molecule is COc1ccc(C(=O)NCC(=O)N2CCN(C(C)c3nc(-c4ccccc4)no3)CC2)cc1. The molecule has 2 aromatic carbocycles. The van der Waals surface area contributed by atoms with E-state index in [2.05, 4.69) is 20.4 Å². The number of hydrogen-bond donors (Lipinski definition) is 1. The number of hydrogen-bond acceptors (Lipinski definition) is 7. The molecule has 9 nitrogen and oxygen atoms in total. The van der Waals surface area contributed by atoms with Gasteiger partial charge in [0.25, 0.3) is 5.91 Å². The van der Waals surface area contributed by atoms with Crippen molar-refractivity contribution >= 4 is 11.8 Å². The van der Waals surface area contributed by atoms with Crippen LogP contribution in [0.1, 0.15) is 29.2 Å². The van der Waals surface area contributed by atoms with Gasteiger partial charge in [-0.1, -0.05) is 35.5 Å². The normalized spacial score (nSPS) is 15.2. The van der Waals surface area contributed by atoms with Crippen LogP contribution in [0, 0.1) is 0 Å². The van der Waals surface area contributed by atoms with Gasteiger partial charge in [-0.15, -0.1) is 0 Å². The molecule has 1 atom stereocenters. The Kier molecular flexibility index (Phi) is 6.99. The zero-order chi connectivity index (χ0) is 23.2. The highest BCUT2D eigenvalue weighted by Gasteiger charge is 2.28. The number of benzene rings is 2. The molecule has 0 bridgehead atoms. The van der Waals surface area contributed by atoms with E-state index in [1.54, 1.807) is 36.3 Å². The molecule has 9 heteroatoms. The molecular formula is C24H27N5O4. The Morgan fingerprint density at radius 2 is 1.76 bits per heavy atom. The van der Waals surface area contributed by atoms with Crippen LogP contribution in [0.3, 0.4) is 0 Å². The minimum Gasteiger partial charge on any atom is -0.497 e. The van der Waals surface area contributed by atoms with Crippen molar-refractivity contribution in [3.8, 4) is 17.1 Å². The maximum Gasteiger partial charge on any atom is 0.251 e. The number of amides is 2. The number of rotatable bonds is 7. The van der Waals surface area contributed by atoms with E-state index < -0.39 is 0 Å². The van der Waals surface area contributed by atoms with Gasteiger partial charge in [0.2, 0.25) is 17.6 Å². The highest BCUT2D eigenvalue weighted by Crippen LogP contribution is 2.23. The van der Waals surface area contributed by atoms with Crippen LogP contribution in [0.4, 0.5) is 0 Å². The van der Waals surface area contributed by atoms with E-state index in [0.29, 0.717) is 49.2 Å². The van der Waals surface area contributed by atoms with Crippen molar-refractivity contribution in [2.45, 2.75) is 13.0 Å². The van der Waals surface area contributed by atoms with Crippen LogP contribution in [0.2, 0.25) is 0 Å². The average Bonchev–Trinajstić information content (AvgIpc) is 3.38. The van der Waals surface area contributed by atoms with Gasteiger partial charge in [-0.05, 0) is 31.2 Å². The number of ether oxygens (including phenoxy) is 1. The summed E-state index contributed by atoms with van der Waals surface area (Å²) in [6.07, 6.45) is 0. The highest BCUT2D eigenvalue weighted by atomic mass is 16.5. The van der Waals surface area contributed by atoms with Gasteiger partial charge in [-0.2, -0.15) is 4.98 Å². The van der Waals surface area contributed by atoms with Gasteiger partial charge in [0, 0.05) is 37.3 Å². The van der Waals surface area contributed by atoms with E-state index in [1.807, 2.05) is 37.3 Å². The van der Waals surface area contributed by atoms with E-state index >= 15 is 0 Å². The molecule has 33 heavy (non-hydrogen) atoms. The van der Waals surface area contributed by atoms with Crippen molar-refractivity contribution in [3.05, 3.63) is 66.1 Å². The molecule has 0 spiro atoms. The summed E-state index contributed by atoms with van der Waals surface area (Å²) in [6.45, 7) is 4.49. The number of carbonyl (C=O) groups is 2. The van der Waals surface area contributed by atoms with Crippen molar-refractivity contribution in [1.29, 1.82) is 0 Å². The first-order valence-electron chi connectivity index (χ1n) is 10.9. The fourth-order valence-electron chi connectivity index (χ4n) is 3.74. The molecule has 0 aliphatic carbocycles. The van der Waals surface area contributed by atoms with Gasteiger partial charge in [-0.25, -0.2) is 0 Å². The van der Waals surface area contributed by atoms with Crippen LogP contribution in [-0.2, 0) is 4.79 Å². The third-order valence-corrected chi connectivity index (χ3v) is 5.80. The Labute approximate surface area is 192 Å². The average molecular weight is 450 g/mol. The third-order valence-electron chi connectivity index (χ3n) is 5.80. The van der Waals surface area contributed by atoms with Gasteiger partial charge in [0.05, 0.1) is 19.7 Å². The lowest BCUT2D eigenvalue weighted by Crippen LogP contribution is -2.51. The van der Waals surface area contributed by atoms with Crippen molar-refractivity contribution in [1.82, 2.24) is 25.3 Å². The molecule has 1 N–H and O–H groups in total. The summed E-state index contributed by atoms with van der Waals surface area (Å²) in [4.78, 5) is 33.4. The number of piperazine rings is 1. The van der Waals surface area contributed by atoms with Gasteiger partial charge in [0.1, 0.15) is 5.75 Å². The number of carbonyl (C=O) groups excluding carboxylic acids is 2. The fourth-order valence-corrected chi connectivity index (χ4v) is 3.74. The number of nitrogens with one attached hydrogen (secondary N) is 1. The standard InChI is InChI=1S/C24H27N5O4/c1-17(24-26-22(27-33-24)18-6-4-3-5-7-18)28-12-14-29(15-13-28)21(30)16-25-23(31)19-8-10-20(32-2)11-9-19/h3-11,17H,12-16H2,1-2H3,(H,25,31). The predicted molar refractivity (Wildman–Crippen MR) is 122 cm³/mol. The summed E-state index contributed by atoms with van der Waals surface area (Å²) >= 11 is 0. The molecule has 1 saturated heterocycles. The highest BCUT2D eigenvalue weighted by molar-refractivity contribution is 5.96. The Hall–Kier alpha value is -3.72. The third kappa shape index (κ3) is 5.38. The minimum absolute atomic E-state index is 0.0372. The molecular weight excluding hydrogens is 422 g/mol. The summed E-state index contributed by atoms with van der Waals surface area (Å²) in [5.41, 5.74) is 1.39. The van der Waals surface area contributed by atoms with E-state index in [0.717, 1.165) is 5.56 Å². The molecule has 1 unspecified atom stereocenters. The molecule has 1 aliphatic rings. The van der Waals surface area contributed by atoms with E-state index in [1.165, 1.54) is 0 Å². The van der Waals surface area contributed by atoms with Crippen molar-refractivity contribution in [2.24, 2.45) is 0 Å². The summed E-state index contributed by atoms with van der Waals surface area (Å²) < 4.78 is 10.6. The zero-order valence-corrected chi connectivity index (χ0v) is 18.7. The molecule has 1 aliphatic heterocycles. The van der Waals surface area contributed by atoms with Crippen molar-refractivity contribution in [3.63, 3.8) is 0 Å². The van der Waals surface area contributed by atoms with Gasteiger partial charge >= 0.3 is 0 Å². The lowest BCUT2D eigenvalue weighted by molar-refractivity contribution is -0.132. The second kappa shape index (κ2) is 10.3. The number of aromatic nitrogens is 2. The van der Waals surface area contributed by atoms with Crippen LogP contribution >= 0.6 is 0 Å². The smallest absolute Gasteiger partial charge is 0.251 e. The topological polar surface area (TPSA) is 101 Å². The Morgan fingerprint density at radius 3 is 2.42 bits per heavy atom.